The Morgan fingerprint density at radius 3 is 2.57 bits per heavy atom. The van der Waals surface area contributed by atoms with Crippen molar-refractivity contribution in [2.45, 2.75) is 18.0 Å². The Balaban J connectivity index is 2.67. The van der Waals surface area contributed by atoms with E-state index in [2.05, 4.69) is 9.46 Å². The molecule has 21 heavy (non-hydrogen) atoms. The SMILES string of the molecule is Cc1c(N)cc(Cl)cc1S(=O)(=O)NCCOCC(F)(F)F. The van der Waals surface area contributed by atoms with Crippen molar-refractivity contribution in [3.63, 3.8) is 0 Å². The summed E-state index contributed by atoms with van der Waals surface area (Å²) in [6, 6.07) is 2.62. The van der Waals surface area contributed by atoms with E-state index < -0.39 is 29.4 Å². The summed E-state index contributed by atoms with van der Waals surface area (Å²) in [4.78, 5) is -0.122. The van der Waals surface area contributed by atoms with Crippen LogP contribution >= 0.6 is 11.6 Å². The van der Waals surface area contributed by atoms with Crippen LogP contribution < -0.4 is 10.5 Å². The van der Waals surface area contributed by atoms with Gasteiger partial charge in [0, 0.05) is 17.3 Å². The molecule has 0 aliphatic heterocycles. The molecule has 0 heterocycles. The van der Waals surface area contributed by atoms with Gasteiger partial charge in [0.2, 0.25) is 10.0 Å². The second-order valence-electron chi connectivity index (χ2n) is 4.18. The molecule has 0 aromatic heterocycles. The van der Waals surface area contributed by atoms with E-state index in [-0.39, 0.29) is 22.2 Å². The summed E-state index contributed by atoms with van der Waals surface area (Å²) in [5.74, 6) is 0. The summed E-state index contributed by atoms with van der Waals surface area (Å²) in [6.45, 7) is -0.643. The maximum Gasteiger partial charge on any atom is 0.411 e. The first kappa shape index (κ1) is 18.0. The number of rotatable bonds is 6. The van der Waals surface area contributed by atoms with Crippen LogP contribution in [0.25, 0.3) is 0 Å². The van der Waals surface area contributed by atoms with Crippen LogP contribution in [0.2, 0.25) is 5.02 Å². The fraction of sp³-hybridized carbons (Fsp3) is 0.455. The average molecular weight is 347 g/mol. The molecule has 10 heteroatoms. The van der Waals surface area contributed by atoms with E-state index in [4.69, 9.17) is 17.3 Å². The molecule has 1 aromatic rings. The van der Waals surface area contributed by atoms with Gasteiger partial charge in [-0.05, 0) is 24.6 Å². The van der Waals surface area contributed by atoms with Crippen LogP contribution in [0.5, 0.6) is 0 Å². The third kappa shape index (κ3) is 5.70. The third-order valence-corrected chi connectivity index (χ3v) is 4.26. The topological polar surface area (TPSA) is 81.4 Å². The van der Waals surface area contributed by atoms with Crippen LogP contribution in [0, 0.1) is 6.92 Å². The molecule has 0 radical (unpaired) electrons. The van der Waals surface area contributed by atoms with Gasteiger partial charge in [0.25, 0.3) is 0 Å². The van der Waals surface area contributed by atoms with E-state index in [1.165, 1.54) is 19.1 Å². The highest BCUT2D eigenvalue weighted by Gasteiger charge is 2.27. The molecule has 0 atom stereocenters. The van der Waals surface area contributed by atoms with Crippen molar-refractivity contribution >= 4 is 27.3 Å². The molecule has 0 fully saturated rings. The van der Waals surface area contributed by atoms with E-state index in [0.717, 1.165) is 0 Å². The van der Waals surface area contributed by atoms with Crippen LogP contribution in [0.3, 0.4) is 0 Å². The number of nitrogens with two attached hydrogens (primary N) is 1. The molecule has 0 bridgehead atoms. The Morgan fingerprint density at radius 2 is 2.00 bits per heavy atom. The summed E-state index contributed by atoms with van der Waals surface area (Å²) >= 11 is 5.74. The number of nitrogens with one attached hydrogen (secondary N) is 1. The zero-order chi connectivity index (χ0) is 16.3. The Hall–Kier alpha value is -1.03. The van der Waals surface area contributed by atoms with Gasteiger partial charge in [-0.2, -0.15) is 13.2 Å². The first-order valence-electron chi connectivity index (χ1n) is 5.73. The normalized spacial score (nSPS) is 12.6. The summed E-state index contributed by atoms with van der Waals surface area (Å²) in [5.41, 5.74) is 6.13. The molecule has 3 N–H and O–H groups in total. The predicted octanol–water partition coefficient (Wildman–Crippen LogP) is 2.09. The van der Waals surface area contributed by atoms with Gasteiger partial charge in [-0.25, -0.2) is 13.1 Å². The number of hydrogen-bond acceptors (Lipinski definition) is 4. The van der Waals surface area contributed by atoms with E-state index in [1.54, 1.807) is 0 Å². The molecule has 0 spiro atoms. The van der Waals surface area contributed by atoms with E-state index in [0.29, 0.717) is 5.56 Å². The van der Waals surface area contributed by atoms with Gasteiger partial charge in [-0.15, -0.1) is 0 Å². The van der Waals surface area contributed by atoms with Crippen molar-refractivity contribution in [3.8, 4) is 0 Å². The number of ether oxygens (including phenoxy) is 1. The van der Waals surface area contributed by atoms with Crippen molar-refractivity contribution in [1.82, 2.24) is 4.72 Å². The minimum Gasteiger partial charge on any atom is -0.398 e. The minimum atomic E-state index is -4.45. The van der Waals surface area contributed by atoms with Gasteiger partial charge in [-0.3, -0.25) is 0 Å². The molecule has 0 saturated carbocycles. The summed E-state index contributed by atoms with van der Waals surface area (Å²) in [5, 5.41) is 0.145. The number of alkyl halides is 3. The van der Waals surface area contributed by atoms with Gasteiger partial charge < -0.3 is 10.5 Å². The van der Waals surface area contributed by atoms with Crippen LogP contribution in [-0.4, -0.2) is 34.4 Å². The molecule has 120 valence electrons. The number of sulfonamides is 1. The van der Waals surface area contributed by atoms with Crippen LogP contribution in [-0.2, 0) is 14.8 Å². The zero-order valence-electron chi connectivity index (χ0n) is 11.0. The highest BCUT2D eigenvalue weighted by molar-refractivity contribution is 7.89. The standard InChI is InChI=1S/C11H14ClF3N2O3S/c1-7-9(16)4-8(12)5-10(7)21(18,19)17-2-3-20-6-11(13,14)15/h4-5,17H,2-3,6,16H2,1H3. The van der Waals surface area contributed by atoms with Gasteiger partial charge in [0.05, 0.1) is 11.5 Å². The smallest absolute Gasteiger partial charge is 0.398 e. The van der Waals surface area contributed by atoms with Crippen molar-refractivity contribution in [2.75, 3.05) is 25.5 Å². The average Bonchev–Trinajstić information content (AvgIpc) is 2.31. The van der Waals surface area contributed by atoms with Crippen LogP contribution in [0.4, 0.5) is 18.9 Å². The zero-order valence-corrected chi connectivity index (χ0v) is 12.6. The van der Waals surface area contributed by atoms with Gasteiger partial charge in [0.15, 0.2) is 0 Å². The van der Waals surface area contributed by atoms with E-state index >= 15 is 0 Å². The lowest BCUT2D eigenvalue weighted by atomic mass is 10.2. The van der Waals surface area contributed by atoms with E-state index in [9.17, 15) is 21.6 Å². The Kier molecular flexibility index (Phi) is 5.85. The first-order valence-corrected chi connectivity index (χ1v) is 7.59. The highest BCUT2D eigenvalue weighted by Crippen LogP contribution is 2.25. The first-order chi connectivity index (χ1) is 9.53. The number of hydrogen-bond donors (Lipinski definition) is 2. The largest absolute Gasteiger partial charge is 0.411 e. The van der Waals surface area contributed by atoms with Crippen LogP contribution in [0.15, 0.2) is 17.0 Å². The lowest BCUT2D eigenvalue weighted by molar-refractivity contribution is -0.173. The van der Waals surface area contributed by atoms with Gasteiger partial charge >= 0.3 is 6.18 Å². The maximum atomic E-state index is 12.0. The van der Waals surface area contributed by atoms with Crippen molar-refractivity contribution < 1.29 is 26.3 Å². The molecule has 0 unspecified atom stereocenters. The third-order valence-electron chi connectivity index (χ3n) is 2.46. The number of anilines is 1. The molecule has 5 nitrogen and oxygen atoms in total. The quantitative estimate of drug-likeness (QED) is 0.610. The lowest BCUT2D eigenvalue weighted by Gasteiger charge is -2.12. The molecular formula is C11H14ClF3N2O3S. The molecule has 1 aromatic carbocycles. The van der Waals surface area contributed by atoms with Gasteiger partial charge in [0.1, 0.15) is 6.61 Å². The Bertz CT molecular complexity index is 605. The monoisotopic (exact) mass is 346 g/mol. The Labute approximate surface area is 125 Å². The lowest BCUT2D eigenvalue weighted by Crippen LogP contribution is -2.29. The minimum absolute atomic E-state index is 0.122. The number of benzene rings is 1. The van der Waals surface area contributed by atoms with E-state index in [1.807, 2.05) is 0 Å². The highest BCUT2D eigenvalue weighted by atomic mass is 35.5. The van der Waals surface area contributed by atoms with Crippen molar-refractivity contribution in [2.24, 2.45) is 0 Å². The molecule has 0 saturated heterocycles. The number of nitrogen functional groups attached to an aromatic ring is 1. The number of halogens is 4. The molecule has 0 amide bonds. The fourth-order valence-electron chi connectivity index (χ4n) is 1.47. The predicted molar refractivity (Wildman–Crippen MR) is 72.7 cm³/mol. The summed E-state index contributed by atoms with van der Waals surface area (Å²) in [7, 11) is -3.93. The molecule has 0 aliphatic carbocycles. The molecular weight excluding hydrogens is 333 g/mol. The molecule has 0 aliphatic rings. The van der Waals surface area contributed by atoms with Crippen molar-refractivity contribution in [1.29, 1.82) is 0 Å². The summed E-state index contributed by atoms with van der Waals surface area (Å²) in [6.07, 6.45) is -4.45. The second-order valence-corrected chi connectivity index (χ2v) is 6.36. The second kappa shape index (κ2) is 6.82. The maximum absolute atomic E-state index is 12.0. The fourth-order valence-corrected chi connectivity index (χ4v) is 3.07. The van der Waals surface area contributed by atoms with Crippen LogP contribution in [0.1, 0.15) is 5.56 Å². The molecule has 1 rings (SSSR count). The Morgan fingerprint density at radius 1 is 1.38 bits per heavy atom. The van der Waals surface area contributed by atoms with Crippen molar-refractivity contribution in [3.05, 3.63) is 22.7 Å². The van der Waals surface area contributed by atoms with Gasteiger partial charge in [-0.1, -0.05) is 11.6 Å². The summed E-state index contributed by atoms with van der Waals surface area (Å²) < 4.78 is 65.9.